The van der Waals surface area contributed by atoms with E-state index in [0.717, 1.165) is 25.8 Å². The number of amides is 1. The first kappa shape index (κ1) is 13.8. The molecule has 1 aliphatic rings. The molecule has 0 spiro atoms. The molecule has 0 saturated carbocycles. The number of carbonyl (C=O) groups is 1. The molecule has 3 heteroatoms. The average Bonchev–Trinajstić information content (AvgIpc) is 2.88. The van der Waals surface area contributed by atoms with Crippen molar-refractivity contribution in [1.29, 1.82) is 0 Å². The Hall–Kier alpha value is -1.61. The van der Waals surface area contributed by atoms with Gasteiger partial charge in [0.15, 0.2) is 0 Å². The second kappa shape index (κ2) is 7.10. The quantitative estimate of drug-likeness (QED) is 0.625. The van der Waals surface area contributed by atoms with Gasteiger partial charge in [-0.3, -0.25) is 4.79 Å². The SMILES string of the molecule is C=CCNCC(=O)N1CCCC1Cc1ccccc1. The molecule has 2 rings (SSSR count). The lowest BCUT2D eigenvalue weighted by Crippen LogP contribution is -2.42. The van der Waals surface area contributed by atoms with E-state index < -0.39 is 0 Å². The molecule has 19 heavy (non-hydrogen) atoms. The lowest BCUT2D eigenvalue weighted by Gasteiger charge is -2.25. The highest BCUT2D eigenvalue weighted by molar-refractivity contribution is 5.79. The molecular weight excluding hydrogens is 236 g/mol. The molecule has 1 saturated heterocycles. The summed E-state index contributed by atoms with van der Waals surface area (Å²) in [7, 11) is 0. The summed E-state index contributed by atoms with van der Waals surface area (Å²) in [6.07, 6.45) is 4.97. The van der Waals surface area contributed by atoms with Crippen LogP contribution in [0.25, 0.3) is 0 Å². The Kier molecular flexibility index (Phi) is 5.16. The van der Waals surface area contributed by atoms with Crippen LogP contribution in [0.15, 0.2) is 43.0 Å². The van der Waals surface area contributed by atoms with Crippen LogP contribution in [-0.4, -0.2) is 36.5 Å². The lowest BCUT2D eigenvalue weighted by molar-refractivity contribution is -0.130. The minimum Gasteiger partial charge on any atom is -0.338 e. The zero-order valence-electron chi connectivity index (χ0n) is 11.3. The Bertz CT molecular complexity index is 416. The van der Waals surface area contributed by atoms with Gasteiger partial charge in [-0.1, -0.05) is 36.4 Å². The van der Waals surface area contributed by atoms with E-state index >= 15 is 0 Å². The van der Waals surface area contributed by atoms with Crippen molar-refractivity contribution in [2.24, 2.45) is 0 Å². The van der Waals surface area contributed by atoms with Crippen LogP contribution in [0.2, 0.25) is 0 Å². The van der Waals surface area contributed by atoms with Gasteiger partial charge in [0.1, 0.15) is 0 Å². The van der Waals surface area contributed by atoms with Crippen LogP contribution >= 0.6 is 0 Å². The van der Waals surface area contributed by atoms with Crippen molar-refractivity contribution in [2.75, 3.05) is 19.6 Å². The molecule has 1 unspecified atom stereocenters. The molecule has 1 amide bonds. The molecule has 1 aromatic carbocycles. The number of rotatable bonds is 6. The van der Waals surface area contributed by atoms with Crippen molar-refractivity contribution in [3.63, 3.8) is 0 Å². The minimum atomic E-state index is 0.209. The summed E-state index contributed by atoms with van der Waals surface area (Å²) in [5, 5.41) is 3.09. The zero-order valence-corrected chi connectivity index (χ0v) is 11.3. The first-order valence-corrected chi connectivity index (χ1v) is 6.96. The molecule has 102 valence electrons. The van der Waals surface area contributed by atoms with E-state index in [0.29, 0.717) is 19.1 Å². The monoisotopic (exact) mass is 258 g/mol. The van der Waals surface area contributed by atoms with Crippen molar-refractivity contribution in [3.05, 3.63) is 48.6 Å². The molecule has 1 fully saturated rings. The molecule has 3 nitrogen and oxygen atoms in total. The Balaban J connectivity index is 1.89. The maximum absolute atomic E-state index is 12.1. The fourth-order valence-corrected chi connectivity index (χ4v) is 2.65. The van der Waals surface area contributed by atoms with Crippen LogP contribution in [0.1, 0.15) is 18.4 Å². The molecule has 1 aliphatic heterocycles. The largest absolute Gasteiger partial charge is 0.338 e. The van der Waals surface area contributed by atoms with Crippen LogP contribution in [0, 0.1) is 0 Å². The summed E-state index contributed by atoms with van der Waals surface area (Å²) >= 11 is 0. The van der Waals surface area contributed by atoms with Gasteiger partial charge < -0.3 is 10.2 Å². The van der Waals surface area contributed by atoms with Crippen molar-refractivity contribution < 1.29 is 4.79 Å². The molecule has 0 radical (unpaired) electrons. The molecule has 0 bridgehead atoms. The maximum atomic E-state index is 12.1. The number of carbonyl (C=O) groups excluding carboxylic acids is 1. The summed E-state index contributed by atoms with van der Waals surface area (Å²) in [6.45, 7) is 5.63. The van der Waals surface area contributed by atoms with Gasteiger partial charge in [0.2, 0.25) is 5.91 Å². The Labute approximate surface area is 115 Å². The molecule has 1 aromatic rings. The third-order valence-electron chi connectivity index (χ3n) is 3.58. The summed E-state index contributed by atoms with van der Waals surface area (Å²) in [5.74, 6) is 0.209. The topological polar surface area (TPSA) is 32.3 Å². The van der Waals surface area contributed by atoms with Crippen molar-refractivity contribution >= 4 is 5.91 Å². The number of benzene rings is 1. The van der Waals surface area contributed by atoms with Gasteiger partial charge in [0, 0.05) is 19.1 Å². The highest BCUT2D eigenvalue weighted by Crippen LogP contribution is 2.21. The second-order valence-electron chi connectivity index (χ2n) is 4.99. The normalized spacial score (nSPS) is 18.5. The van der Waals surface area contributed by atoms with Gasteiger partial charge in [-0.15, -0.1) is 6.58 Å². The fourth-order valence-electron chi connectivity index (χ4n) is 2.65. The highest BCUT2D eigenvalue weighted by Gasteiger charge is 2.28. The average molecular weight is 258 g/mol. The zero-order chi connectivity index (χ0) is 13.5. The number of hydrogen-bond acceptors (Lipinski definition) is 2. The first-order valence-electron chi connectivity index (χ1n) is 6.96. The van der Waals surface area contributed by atoms with Crippen LogP contribution in [0.4, 0.5) is 0 Å². The van der Waals surface area contributed by atoms with Crippen LogP contribution in [-0.2, 0) is 11.2 Å². The summed E-state index contributed by atoms with van der Waals surface area (Å²) in [6, 6.07) is 10.8. The third-order valence-corrected chi connectivity index (χ3v) is 3.58. The smallest absolute Gasteiger partial charge is 0.236 e. The van der Waals surface area contributed by atoms with Gasteiger partial charge in [-0.2, -0.15) is 0 Å². The van der Waals surface area contributed by atoms with E-state index in [9.17, 15) is 4.79 Å². The lowest BCUT2D eigenvalue weighted by atomic mass is 10.0. The number of nitrogens with one attached hydrogen (secondary N) is 1. The van der Waals surface area contributed by atoms with E-state index in [-0.39, 0.29) is 5.91 Å². The summed E-state index contributed by atoms with van der Waals surface area (Å²) in [4.78, 5) is 14.2. The third kappa shape index (κ3) is 3.93. The molecule has 1 N–H and O–H groups in total. The minimum absolute atomic E-state index is 0.209. The van der Waals surface area contributed by atoms with E-state index in [4.69, 9.17) is 0 Å². The second-order valence-corrected chi connectivity index (χ2v) is 4.99. The van der Waals surface area contributed by atoms with Crippen LogP contribution in [0.5, 0.6) is 0 Å². The van der Waals surface area contributed by atoms with Crippen molar-refractivity contribution in [1.82, 2.24) is 10.2 Å². The van der Waals surface area contributed by atoms with E-state index in [1.54, 1.807) is 6.08 Å². The molecule has 0 aliphatic carbocycles. The predicted octanol–water partition coefficient (Wildman–Crippen LogP) is 2.00. The van der Waals surface area contributed by atoms with Crippen LogP contribution < -0.4 is 5.32 Å². The van der Waals surface area contributed by atoms with Crippen molar-refractivity contribution in [2.45, 2.75) is 25.3 Å². The standard InChI is InChI=1S/C16H22N2O/c1-2-10-17-13-16(19)18-11-6-9-15(18)12-14-7-4-3-5-8-14/h2-5,7-8,15,17H,1,6,9-13H2. The number of nitrogens with zero attached hydrogens (tertiary/aromatic N) is 1. The number of likely N-dealkylation sites (tertiary alicyclic amines) is 1. The first-order chi connectivity index (χ1) is 9.31. The molecule has 1 heterocycles. The maximum Gasteiger partial charge on any atom is 0.236 e. The summed E-state index contributed by atoms with van der Waals surface area (Å²) < 4.78 is 0. The van der Waals surface area contributed by atoms with Gasteiger partial charge in [-0.25, -0.2) is 0 Å². The predicted molar refractivity (Wildman–Crippen MR) is 77.9 cm³/mol. The van der Waals surface area contributed by atoms with Gasteiger partial charge in [0.25, 0.3) is 0 Å². The van der Waals surface area contributed by atoms with Gasteiger partial charge in [-0.05, 0) is 24.8 Å². The van der Waals surface area contributed by atoms with Gasteiger partial charge in [0.05, 0.1) is 6.54 Å². The van der Waals surface area contributed by atoms with E-state index in [1.807, 2.05) is 11.0 Å². The van der Waals surface area contributed by atoms with E-state index in [1.165, 1.54) is 5.56 Å². The Morgan fingerprint density at radius 2 is 2.21 bits per heavy atom. The van der Waals surface area contributed by atoms with Crippen molar-refractivity contribution in [3.8, 4) is 0 Å². The molecule has 1 atom stereocenters. The number of hydrogen-bond donors (Lipinski definition) is 1. The molecule has 0 aromatic heterocycles. The fraction of sp³-hybridized carbons (Fsp3) is 0.438. The van der Waals surface area contributed by atoms with Crippen LogP contribution in [0.3, 0.4) is 0 Å². The molecular formula is C16H22N2O. The van der Waals surface area contributed by atoms with Gasteiger partial charge >= 0.3 is 0 Å². The van der Waals surface area contributed by atoms with E-state index in [2.05, 4.69) is 36.2 Å². The Morgan fingerprint density at radius 1 is 1.42 bits per heavy atom. The Morgan fingerprint density at radius 3 is 2.95 bits per heavy atom. The summed E-state index contributed by atoms with van der Waals surface area (Å²) in [5.41, 5.74) is 1.31. The highest BCUT2D eigenvalue weighted by atomic mass is 16.2.